The molecule has 1 N–H and O–H groups in total. The van der Waals surface area contributed by atoms with E-state index in [0.717, 1.165) is 11.8 Å². The van der Waals surface area contributed by atoms with Crippen molar-refractivity contribution in [3.8, 4) is 0 Å². The van der Waals surface area contributed by atoms with E-state index in [-0.39, 0.29) is 17.1 Å². The number of hydrogen-bond donors (Lipinski definition) is 1. The molecule has 1 atom stereocenters. The van der Waals surface area contributed by atoms with Crippen LogP contribution in [0, 0.1) is 5.92 Å². The summed E-state index contributed by atoms with van der Waals surface area (Å²) < 4.78 is 0. The van der Waals surface area contributed by atoms with E-state index in [9.17, 15) is 9.59 Å². The second kappa shape index (κ2) is 2.39. The van der Waals surface area contributed by atoms with Gasteiger partial charge < -0.3 is 0 Å². The number of amides is 2. The highest BCUT2D eigenvalue weighted by Crippen LogP contribution is 2.14. The fourth-order valence-corrected chi connectivity index (χ4v) is 1.26. The molecule has 0 bridgehead atoms. The van der Waals surface area contributed by atoms with Crippen molar-refractivity contribution in [3.05, 3.63) is 0 Å². The molecule has 0 aromatic carbocycles. The van der Waals surface area contributed by atoms with Crippen LogP contribution in [-0.4, -0.2) is 16.9 Å². The molecule has 0 aromatic rings. The fourth-order valence-electron chi connectivity index (χ4n) is 0.536. The number of carbonyl (C=O) groups excluding carboxylic acids is 2. The average Bonchev–Trinajstić information content (AvgIpc) is 1.80. The molecule has 1 fully saturated rings. The van der Waals surface area contributed by atoms with Crippen molar-refractivity contribution in [1.29, 1.82) is 0 Å². The summed E-state index contributed by atoms with van der Waals surface area (Å²) >= 11 is 1.16. The van der Waals surface area contributed by atoms with Crippen LogP contribution in [0.4, 0.5) is 4.79 Å². The maximum absolute atomic E-state index is 10.7. The van der Waals surface area contributed by atoms with Crippen LogP contribution in [0.15, 0.2) is 0 Å². The Morgan fingerprint density at radius 2 is 2.33 bits per heavy atom. The number of hydrogen-bond acceptors (Lipinski definition) is 3. The number of thioether (sulfide) groups is 1. The molecule has 0 radical (unpaired) electrons. The average molecular weight is 145 g/mol. The SMILES string of the molecule is CC1CSC(=O)NC1=O. The molecule has 0 aromatic heterocycles. The second-order valence-electron chi connectivity index (χ2n) is 1.99. The normalized spacial score (nSPS) is 27.9. The molecule has 4 heteroatoms. The van der Waals surface area contributed by atoms with E-state index in [0.29, 0.717) is 5.75 Å². The lowest BCUT2D eigenvalue weighted by atomic mass is 10.2. The van der Waals surface area contributed by atoms with E-state index in [4.69, 9.17) is 0 Å². The zero-order chi connectivity index (χ0) is 6.85. The van der Waals surface area contributed by atoms with Crippen molar-refractivity contribution < 1.29 is 9.59 Å². The van der Waals surface area contributed by atoms with Gasteiger partial charge in [0.1, 0.15) is 0 Å². The van der Waals surface area contributed by atoms with Gasteiger partial charge in [-0.2, -0.15) is 0 Å². The molecule has 0 spiro atoms. The van der Waals surface area contributed by atoms with Crippen LogP contribution in [0.25, 0.3) is 0 Å². The number of imide groups is 1. The zero-order valence-electron chi connectivity index (χ0n) is 5.01. The van der Waals surface area contributed by atoms with Crippen LogP contribution in [0.5, 0.6) is 0 Å². The summed E-state index contributed by atoms with van der Waals surface area (Å²) in [5.74, 6) is 0.441. The quantitative estimate of drug-likeness (QED) is 0.543. The summed E-state index contributed by atoms with van der Waals surface area (Å²) in [5.41, 5.74) is 0. The third-order valence-corrected chi connectivity index (χ3v) is 2.17. The van der Waals surface area contributed by atoms with Gasteiger partial charge in [0.2, 0.25) is 5.91 Å². The van der Waals surface area contributed by atoms with Gasteiger partial charge in [0.25, 0.3) is 5.24 Å². The van der Waals surface area contributed by atoms with E-state index >= 15 is 0 Å². The first-order valence-electron chi connectivity index (χ1n) is 2.68. The van der Waals surface area contributed by atoms with Gasteiger partial charge in [0.15, 0.2) is 0 Å². The van der Waals surface area contributed by atoms with Crippen LogP contribution >= 0.6 is 11.8 Å². The molecule has 1 saturated heterocycles. The maximum Gasteiger partial charge on any atom is 0.285 e. The summed E-state index contributed by atoms with van der Waals surface area (Å²) in [5, 5.41) is 1.99. The molecule has 1 heterocycles. The van der Waals surface area contributed by atoms with Gasteiger partial charge in [-0.25, -0.2) is 0 Å². The molecule has 0 saturated carbocycles. The summed E-state index contributed by atoms with van der Waals surface area (Å²) in [6, 6.07) is 0. The summed E-state index contributed by atoms with van der Waals surface area (Å²) in [6.45, 7) is 1.80. The molecule has 3 nitrogen and oxygen atoms in total. The van der Waals surface area contributed by atoms with Crippen molar-refractivity contribution in [1.82, 2.24) is 5.32 Å². The lowest BCUT2D eigenvalue weighted by Gasteiger charge is -2.14. The molecule has 1 aliphatic heterocycles. The van der Waals surface area contributed by atoms with E-state index in [2.05, 4.69) is 5.32 Å². The minimum atomic E-state index is -0.224. The fraction of sp³-hybridized carbons (Fsp3) is 0.600. The smallest absolute Gasteiger partial charge is 0.285 e. The van der Waals surface area contributed by atoms with Crippen molar-refractivity contribution in [2.75, 3.05) is 5.75 Å². The minimum Gasteiger partial charge on any atom is -0.287 e. The van der Waals surface area contributed by atoms with Gasteiger partial charge >= 0.3 is 0 Å². The zero-order valence-corrected chi connectivity index (χ0v) is 5.83. The van der Waals surface area contributed by atoms with Crippen molar-refractivity contribution in [2.45, 2.75) is 6.92 Å². The number of nitrogens with one attached hydrogen (secondary N) is 1. The molecule has 9 heavy (non-hydrogen) atoms. The highest BCUT2D eigenvalue weighted by molar-refractivity contribution is 8.13. The van der Waals surface area contributed by atoms with Gasteiger partial charge in [0.05, 0.1) is 0 Å². The maximum atomic E-state index is 10.7. The van der Waals surface area contributed by atoms with Crippen LogP contribution in [0.3, 0.4) is 0 Å². The highest BCUT2D eigenvalue weighted by atomic mass is 32.2. The highest BCUT2D eigenvalue weighted by Gasteiger charge is 2.22. The van der Waals surface area contributed by atoms with Crippen LogP contribution in [-0.2, 0) is 4.79 Å². The molecular formula is C5H7NO2S. The lowest BCUT2D eigenvalue weighted by Crippen LogP contribution is -2.38. The number of rotatable bonds is 0. The van der Waals surface area contributed by atoms with Crippen LogP contribution in [0.2, 0.25) is 0 Å². The first-order chi connectivity index (χ1) is 4.20. The first-order valence-corrected chi connectivity index (χ1v) is 3.66. The molecule has 50 valence electrons. The van der Waals surface area contributed by atoms with E-state index in [1.54, 1.807) is 6.92 Å². The molecular weight excluding hydrogens is 138 g/mol. The predicted molar refractivity (Wildman–Crippen MR) is 35.2 cm³/mol. The summed E-state index contributed by atoms with van der Waals surface area (Å²) in [6.07, 6.45) is 0. The topological polar surface area (TPSA) is 46.2 Å². The van der Waals surface area contributed by atoms with Crippen LogP contribution < -0.4 is 5.32 Å². The van der Waals surface area contributed by atoms with Crippen molar-refractivity contribution >= 4 is 22.9 Å². The molecule has 1 aliphatic rings. The van der Waals surface area contributed by atoms with Crippen molar-refractivity contribution in [3.63, 3.8) is 0 Å². The van der Waals surface area contributed by atoms with Gasteiger partial charge in [-0.1, -0.05) is 18.7 Å². The minimum absolute atomic E-state index is 0.0206. The molecule has 2 amide bonds. The Morgan fingerprint density at radius 3 is 2.78 bits per heavy atom. The Hall–Kier alpha value is -0.510. The third kappa shape index (κ3) is 1.45. The molecule has 1 rings (SSSR count). The van der Waals surface area contributed by atoms with Gasteiger partial charge in [-0.15, -0.1) is 0 Å². The Labute approximate surface area is 57.2 Å². The Kier molecular flexibility index (Phi) is 1.75. The van der Waals surface area contributed by atoms with Crippen molar-refractivity contribution in [2.24, 2.45) is 5.92 Å². The monoisotopic (exact) mass is 145 g/mol. The first kappa shape index (κ1) is 6.61. The summed E-state index contributed by atoms with van der Waals surface area (Å²) in [4.78, 5) is 21.1. The number of carbonyl (C=O) groups is 2. The second-order valence-corrected chi connectivity index (χ2v) is 2.98. The Bertz CT molecular complexity index is 157. The van der Waals surface area contributed by atoms with Gasteiger partial charge in [0, 0.05) is 11.7 Å². The lowest BCUT2D eigenvalue weighted by molar-refractivity contribution is -0.122. The Morgan fingerprint density at radius 1 is 1.67 bits per heavy atom. The third-order valence-electron chi connectivity index (χ3n) is 1.14. The Balaban J connectivity index is 2.54. The predicted octanol–water partition coefficient (Wildman–Crippen LogP) is 0.606. The van der Waals surface area contributed by atoms with E-state index < -0.39 is 0 Å². The largest absolute Gasteiger partial charge is 0.287 e. The summed E-state index contributed by atoms with van der Waals surface area (Å²) in [7, 11) is 0. The van der Waals surface area contributed by atoms with Gasteiger partial charge in [-0.3, -0.25) is 14.9 Å². The van der Waals surface area contributed by atoms with Crippen LogP contribution in [0.1, 0.15) is 6.92 Å². The molecule has 1 unspecified atom stereocenters. The van der Waals surface area contributed by atoms with Gasteiger partial charge in [-0.05, 0) is 0 Å². The van der Waals surface area contributed by atoms with E-state index in [1.807, 2.05) is 0 Å². The molecule has 0 aliphatic carbocycles. The van der Waals surface area contributed by atoms with E-state index in [1.165, 1.54) is 0 Å². The standard InChI is InChI=1S/C5H7NO2S/c1-3-2-9-5(8)6-4(3)7/h3H,2H2,1H3,(H,6,7,8).